The minimum absolute atomic E-state index is 0.0209. The lowest BCUT2D eigenvalue weighted by molar-refractivity contribution is -0.127. The molecule has 1 saturated carbocycles. The lowest BCUT2D eigenvalue weighted by Gasteiger charge is -2.31. The predicted molar refractivity (Wildman–Crippen MR) is 134 cm³/mol. The molecule has 0 bridgehead atoms. The fraction of sp³-hybridized carbons (Fsp3) is 0.308. The number of fused-ring (bicyclic) bond motifs is 1. The van der Waals surface area contributed by atoms with Crippen LogP contribution in [0.3, 0.4) is 0 Å². The molecule has 1 fully saturated rings. The minimum Gasteiger partial charge on any atom is -0.351 e. The number of anilines is 1. The number of thiophene rings is 1. The van der Waals surface area contributed by atoms with Crippen LogP contribution in [0, 0.1) is 6.92 Å². The standard InChI is InChI=1S/C26H27N5O2S/c1-18-12-14-20(15-13-18)31(24(32)17-30-22-10-5-4-9-21(22)28-29-30)25(23-11-6-16-34-23)26(33)27-19-7-2-3-8-19/h4-6,9-16,19,25H,2-3,7-8,17H2,1H3,(H,27,33). The van der Waals surface area contributed by atoms with Gasteiger partial charge in [0.2, 0.25) is 11.8 Å². The number of carbonyl (C=O) groups excluding carboxylic acids is 2. The molecule has 1 atom stereocenters. The number of benzene rings is 2. The molecule has 1 aliphatic rings. The highest BCUT2D eigenvalue weighted by Crippen LogP contribution is 2.32. The van der Waals surface area contributed by atoms with E-state index in [1.807, 2.05) is 73.0 Å². The third-order valence-corrected chi connectivity index (χ3v) is 7.23. The molecule has 174 valence electrons. The largest absolute Gasteiger partial charge is 0.351 e. The Hall–Kier alpha value is -3.52. The van der Waals surface area contributed by atoms with Gasteiger partial charge in [-0.2, -0.15) is 0 Å². The van der Waals surface area contributed by atoms with Crippen LogP contribution < -0.4 is 10.2 Å². The number of hydrogen-bond donors (Lipinski definition) is 1. The number of amides is 2. The van der Waals surface area contributed by atoms with Gasteiger partial charge in [-0.3, -0.25) is 14.5 Å². The summed E-state index contributed by atoms with van der Waals surface area (Å²) in [7, 11) is 0. The van der Waals surface area contributed by atoms with Gasteiger partial charge in [0.05, 0.1) is 5.52 Å². The van der Waals surface area contributed by atoms with Crippen molar-refractivity contribution in [3.63, 3.8) is 0 Å². The highest BCUT2D eigenvalue weighted by Gasteiger charge is 2.35. The van der Waals surface area contributed by atoms with Crippen molar-refractivity contribution in [1.29, 1.82) is 0 Å². The summed E-state index contributed by atoms with van der Waals surface area (Å²) in [5, 5.41) is 13.5. The van der Waals surface area contributed by atoms with Crippen molar-refractivity contribution < 1.29 is 9.59 Å². The SMILES string of the molecule is Cc1ccc(N(C(=O)Cn2nnc3ccccc32)C(C(=O)NC2CCCC2)c2cccs2)cc1. The predicted octanol–water partition coefficient (Wildman–Crippen LogP) is 4.63. The highest BCUT2D eigenvalue weighted by molar-refractivity contribution is 7.10. The number of aryl methyl sites for hydroxylation is 1. The van der Waals surface area contributed by atoms with Gasteiger partial charge in [0, 0.05) is 16.6 Å². The Morgan fingerprint density at radius 3 is 2.59 bits per heavy atom. The van der Waals surface area contributed by atoms with Gasteiger partial charge in [-0.1, -0.05) is 54.0 Å². The molecule has 0 aliphatic heterocycles. The zero-order chi connectivity index (χ0) is 23.5. The molecular weight excluding hydrogens is 446 g/mol. The van der Waals surface area contributed by atoms with Gasteiger partial charge in [0.15, 0.2) is 0 Å². The summed E-state index contributed by atoms with van der Waals surface area (Å²) in [6.07, 6.45) is 4.20. The number of hydrogen-bond acceptors (Lipinski definition) is 5. The van der Waals surface area contributed by atoms with Gasteiger partial charge < -0.3 is 5.32 Å². The third kappa shape index (κ3) is 4.59. The average Bonchev–Trinajstić information content (AvgIpc) is 3.61. The number of nitrogens with zero attached hydrogens (tertiary/aromatic N) is 4. The molecule has 4 aromatic rings. The van der Waals surface area contributed by atoms with Crippen molar-refractivity contribution in [3.8, 4) is 0 Å². The van der Waals surface area contributed by atoms with Crippen LogP contribution in [0.5, 0.6) is 0 Å². The van der Waals surface area contributed by atoms with E-state index in [1.165, 1.54) is 11.3 Å². The molecule has 0 saturated heterocycles. The molecule has 2 heterocycles. The zero-order valence-electron chi connectivity index (χ0n) is 19.1. The van der Waals surface area contributed by atoms with Gasteiger partial charge in [0.1, 0.15) is 18.1 Å². The van der Waals surface area contributed by atoms with Gasteiger partial charge in [-0.15, -0.1) is 16.4 Å². The Bertz CT molecular complexity index is 1280. The molecule has 8 heteroatoms. The molecule has 7 nitrogen and oxygen atoms in total. The maximum Gasteiger partial charge on any atom is 0.249 e. The first kappa shape index (κ1) is 22.3. The van der Waals surface area contributed by atoms with E-state index in [1.54, 1.807) is 9.58 Å². The number of carbonyl (C=O) groups is 2. The number of nitrogens with one attached hydrogen (secondary N) is 1. The summed E-state index contributed by atoms with van der Waals surface area (Å²) in [6, 6.07) is 18.5. The molecular formula is C26H27N5O2S. The summed E-state index contributed by atoms with van der Waals surface area (Å²) in [5.41, 5.74) is 3.27. The van der Waals surface area contributed by atoms with Crippen LogP contribution in [0.4, 0.5) is 5.69 Å². The van der Waals surface area contributed by atoms with Crippen LogP contribution in [0.1, 0.15) is 42.2 Å². The van der Waals surface area contributed by atoms with Gasteiger partial charge in [0.25, 0.3) is 0 Å². The monoisotopic (exact) mass is 473 g/mol. The number of aromatic nitrogens is 3. The lowest BCUT2D eigenvalue weighted by atomic mass is 10.1. The van der Waals surface area contributed by atoms with Crippen LogP contribution in [0.2, 0.25) is 0 Å². The van der Waals surface area contributed by atoms with Crippen molar-refractivity contribution in [1.82, 2.24) is 20.3 Å². The second-order valence-corrected chi connectivity index (χ2v) is 9.72. The van der Waals surface area contributed by atoms with E-state index in [0.29, 0.717) is 5.69 Å². The van der Waals surface area contributed by atoms with Gasteiger partial charge in [-0.05, 0) is 55.5 Å². The van der Waals surface area contributed by atoms with E-state index in [4.69, 9.17) is 0 Å². The first-order chi connectivity index (χ1) is 16.6. The first-order valence-corrected chi connectivity index (χ1v) is 12.5. The average molecular weight is 474 g/mol. The number of para-hydroxylation sites is 1. The maximum absolute atomic E-state index is 13.9. The normalized spacial score (nSPS) is 14.9. The quantitative estimate of drug-likeness (QED) is 0.424. The van der Waals surface area contributed by atoms with E-state index in [2.05, 4.69) is 15.6 Å². The van der Waals surface area contributed by atoms with Crippen LogP contribution >= 0.6 is 11.3 Å². The molecule has 2 amide bonds. The molecule has 2 aromatic heterocycles. The molecule has 5 rings (SSSR count). The molecule has 34 heavy (non-hydrogen) atoms. The highest BCUT2D eigenvalue weighted by atomic mass is 32.1. The second-order valence-electron chi connectivity index (χ2n) is 8.74. The van der Waals surface area contributed by atoms with Crippen molar-refractivity contribution in [3.05, 3.63) is 76.5 Å². The van der Waals surface area contributed by atoms with E-state index in [9.17, 15) is 9.59 Å². The van der Waals surface area contributed by atoms with Gasteiger partial charge >= 0.3 is 0 Å². The Balaban J connectivity index is 1.53. The van der Waals surface area contributed by atoms with E-state index in [-0.39, 0.29) is 24.4 Å². The van der Waals surface area contributed by atoms with E-state index < -0.39 is 6.04 Å². The molecule has 1 unspecified atom stereocenters. The smallest absolute Gasteiger partial charge is 0.249 e. The molecule has 2 aromatic carbocycles. The van der Waals surface area contributed by atoms with Crippen LogP contribution in [-0.2, 0) is 16.1 Å². The maximum atomic E-state index is 13.9. The van der Waals surface area contributed by atoms with Crippen LogP contribution in [-0.4, -0.2) is 32.9 Å². The van der Waals surface area contributed by atoms with E-state index >= 15 is 0 Å². The van der Waals surface area contributed by atoms with Crippen molar-refractivity contribution in [2.75, 3.05) is 4.90 Å². The minimum atomic E-state index is -0.759. The van der Waals surface area contributed by atoms with Crippen molar-refractivity contribution in [2.24, 2.45) is 0 Å². The number of rotatable bonds is 7. The fourth-order valence-electron chi connectivity index (χ4n) is 4.55. The van der Waals surface area contributed by atoms with Crippen molar-refractivity contribution >= 4 is 39.9 Å². The molecule has 0 radical (unpaired) electrons. The molecule has 0 spiro atoms. The Kier molecular flexibility index (Phi) is 6.40. The molecule has 1 aliphatic carbocycles. The second kappa shape index (κ2) is 9.77. The summed E-state index contributed by atoms with van der Waals surface area (Å²) in [6.45, 7) is 1.98. The lowest BCUT2D eigenvalue weighted by Crippen LogP contribution is -2.47. The van der Waals surface area contributed by atoms with Crippen molar-refractivity contribution in [2.45, 2.75) is 51.2 Å². The van der Waals surface area contributed by atoms with Crippen LogP contribution in [0.25, 0.3) is 11.0 Å². The summed E-state index contributed by atoms with van der Waals surface area (Å²) < 4.78 is 1.60. The fourth-order valence-corrected chi connectivity index (χ4v) is 5.36. The Morgan fingerprint density at radius 2 is 1.85 bits per heavy atom. The van der Waals surface area contributed by atoms with Crippen LogP contribution in [0.15, 0.2) is 66.0 Å². The zero-order valence-corrected chi connectivity index (χ0v) is 19.9. The molecule has 1 N–H and O–H groups in total. The third-order valence-electron chi connectivity index (χ3n) is 6.31. The summed E-state index contributed by atoms with van der Waals surface area (Å²) >= 11 is 1.48. The summed E-state index contributed by atoms with van der Waals surface area (Å²) in [4.78, 5) is 30.0. The summed E-state index contributed by atoms with van der Waals surface area (Å²) in [5.74, 6) is -0.369. The topological polar surface area (TPSA) is 80.1 Å². The Morgan fingerprint density at radius 1 is 1.09 bits per heavy atom. The first-order valence-electron chi connectivity index (χ1n) is 11.6. The van der Waals surface area contributed by atoms with E-state index in [0.717, 1.165) is 47.2 Å². The van der Waals surface area contributed by atoms with Gasteiger partial charge in [-0.25, -0.2) is 4.68 Å². The Labute approximate surface area is 202 Å².